The normalized spacial score (nSPS) is 12.4. The molecule has 0 aliphatic rings. The Hall–Kier alpha value is -2.80. The summed E-state index contributed by atoms with van der Waals surface area (Å²) in [5, 5.41) is 12.4. The molecule has 0 aliphatic carbocycles. The molecule has 1 heterocycles. The van der Waals surface area contributed by atoms with Crippen molar-refractivity contribution in [1.82, 2.24) is 14.8 Å². The summed E-state index contributed by atoms with van der Waals surface area (Å²) >= 11 is 1.38. The van der Waals surface area contributed by atoms with Crippen LogP contribution in [0.2, 0.25) is 0 Å². The molecule has 34 heavy (non-hydrogen) atoms. The molecule has 3 rings (SSSR count). The third-order valence-corrected chi connectivity index (χ3v) is 6.57. The molecule has 0 saturated carbocycles. The van der Waals surface area contributed by atoms with Gasteiger partial charge in [-0.05, 0) is 68.0 Å². The van der Waals surface area contributed by atoms with Gasteiger partial charge < -0.3 is 14.6 Å². The highest BCUT2D eigenvalue weighted by Gasteiger charge is 2.22. The van der Waals surface area contributed by atoms with Crippen LogP contribution in [0.3, 0.4) is 0 Å². The van der Waals surface area contributed by atoms with Crippen LogP contribution in [-0.2, 0) is 4.79 Å². The van der Waals surface area contributed by atoms with Crippen molar-refractivity contribution in [3.8, 4) is 5.75 Å². The van der Waals surface area contributed by atoms with Crippen molar-refractivity contribution >= 4 is 23.4 Å². The largest absolute Gasteiger partial charge is 0.483 e. The topological polar surface area (TPSA) is 69.0 Å². The summed E-state index contributed by atoms with van der Waals surface area (Å²) in [6, 6.07) is 16.3. The number of anilines is 1. The number of hydrogen-bond donors (Lipinski definition) is 1. The lowest BCUT2D eigenvalue weighted by Gasteiger charge is -2.19. The first kappa shape index (κ1) is 25.8. The van der Waals surface area contributed by atoms with E-state index >= 15 is 0 Å². The molecule has 2 aromatic carbocycles. The van der Waals surface area contributed by atoms with Gasteiger partial charge >= 0.3 is 0 Å². The number of amides is 1. The van der Waals surface area contributed by atoms with E-state index < -0.39 is 0 Å². The van der Waals surface area contributed by atoms with Crippen LogP contribution in [0.25, 0.3) is 0 Å². The van der Waals surface area contributed by atoms with E-state index in [9.17, 15) is 4.79 Å². The molecule has 0 fully saturated rings. The third-order valence-electron chi connectivity index (χ3n) is 5.62. The second kappa shape index (κ2) is 11.6. The number of aromatic nitrogens is 3. The quantitative estimate of drug-likeness (QED) is 0.317. The number of ether oxygens (including phenoxy) is 1. The number of carbonyl (C=O) groups is 1. The zero-order valence-electron chi connectivity index (χ0n) is 21.2. The molecule has 1 unspecified atom stereocenters. The van der Waals surface area contributed by atoms with Gasteiger partial charge in [0.25, 0.3) is 0 Å². The van der Waals surface area contributed by atoms with Gasteiger partial charge in [-0.3, -0.25) is 4.79 Å². The van der Waals surface area contributed by atoms with Crippen molar-refractivity contribution in [1.29, 1.82) is 0 Å². The summed E-state index contributed by atoms with van der Waals surface area (Å²) in [5.74, 6) is 2.66. The molecule has 7 heteroatoms. The highest BCUT2D eigenvalue weighted by Crippen LogP contribution is 2.28. The molecule has 1 atom stereocenters. The number of nitrogens with zero attached hydrogens (tertiary/aromatic N) is 3. The third kappa shape index (κ3) is 6.63. The molecule has 1 amide bonds. The van der Waals surface area contributed by atoms with Crippen LogP contribution in [-0.4, -0.2) is 26.4 Å². The smallest absolute Gasteiger partial charge is 0.234 e. The Balaban J connectivity index is 1.64. The highest BCUT2D eigenvalue weighted by atomic mass is 32.2. The van der Waals surface area contributed by atoms with E-state index in [0.717, 1.165) is 17.3 Å². The maximum absolute atomic E-state index is 12.5. The number of hydrogen-bond acceptors (Lipinski definition) is 5. The van der Waals surface area contributed by atoms with Crippen LogP contribution in [0.1, 0.15) is 89.4 Å². The molecule has 0 saturated heterocycles. The lowest BCUT2D eigenvalue weighted by molar-refractivity contribution is -0.113. The Morgan fingerprint density at radius 3 is 1.97 bits per heavy atom. The summed E-state index contributed by atoms with van der Waals surface area (Å²) < 4.78 is 8.20. The molecule has 182 valence electrons. The first-order valence-corrected chi connectivity index (χ1v) is 12.9. The Morgan fingerprint density at radius 1 is 0.882 bits per heavy atom. The number of benzene rings is 2. The van der Waals surface area contributed by atoms with E-state index in [1.807, 2.05) is 47.9 Å². The van der Waals surface area contributed by atoms with Gasteiger partial charge in [-0.25, -0.2) is 0 Å². The highest BCUT2D eigenvalue weighted by molar-refractivity contribution is 7.99. The van der Waals surface area contributed by atoms with E-state index in [1.54, 1.807) is 0 Å². The van der Waals surface area contributed by atoms with Crippen molar-refractivity contribution in [2.45, 2.75) is 77.6 Å². The standard InChI is InChI=1S/C27H36N4O2S/c1-17(2)21-8-12-23(13-9-21)28-25(32)16-34-27-30-29-26(31(27)19(5)6)20(7)33-24-14-10-22(11-15-24)18(3)4/h8-15,17-20H,16H2,1-7H3,(H,28,32). The number of rotatable bonds is 10. The molecule has 3 aromatic rings. The fourth-order valence-corrected chi connectivity index (χ4v) is 4.49. The van der Waals surface area contributed by atoms with E-state index in [1.165, 1.54) is 22.9 Å². The van der Waals surface area contributed by atoms with Crippen molar-refractivity contribution in [2.24, 2.45) is 0 Å². The van der Waals surface area contributed by atoms with Gasteiger partial charge in [0.15, 0.2) is 17.1 Å². The number of nitrogens with one attached hydrogen (secondary N) is 1. The second-order valence-corrected chi connectivity index (χ2v) is 10.3. The molecule has 6 nitrogen and oxygen atoms in total. The first-order valence-electron chi connectivity index (χ1n) is 11.9. The van der Waals surface area contributed by atoms with Crippen molar-refractivity contribution in [3.63, 3.8) is 0 Å². The van der Waals surface area contributed by atoms with Crippen molar-refractivity contribution in [3.05, 3.63) is 65.5 Å². The van der Waals surface area contributed by atoms with Gasteiger partial charge in [0, 0.05) is 11.7 Å². The van der Waals surface area contributed by atoms with Gasteiger partial charge in [0.2, 0.25) is 5.91 Å². The fourth-order valence-electron chi connectivity index (χ4n) is 3.62. The maximum Gasteiger partial charge on any atom is 0.234 e. The Morgan fingerprint density at radius 2 is 1.44 bits per heavy atom. The zero-order chi connectivity index (χ0) is 24.8. The number of thioether (sulfide) groups is 1. The molecule has 1 N–H and O–H groups in total. The molecular formula is C27H36N4O2S. The summed E-state index contributed by atoms with van der Waals surface area (Å²) in [6.07, 6.45) is -0.276. The molecular weight excluding hydrogens is 444 g/mol. The molecule has 0 aliphatic heterocycles. The van der Waals surface area contributed by atoms with Crippen LogP contribution >= 0.6 is 11.8 Å². The van der Waals surface area contributed by atoms with Crippen LogP contribution in [0.15, 0.2) is 53.7 Å². The van der Waals surface area contributed by atoms with Crippen molar-refractivity contribution < 1.29 is 9.53 Å². The molecule has 1 aromatic heterocycles. The average Bonchev–Trinajstić information content (AvgIpc) is 3.23. The Bertz CT molecular complexity index is 1070. The fraction of sp³-hybridized carbons (Fsp3) is 0.444. The average molecular weight is 481 g/mol. The minimum atomic E-state index is -0.276. The molecule has 0 spiro atoms. The van der Waals surface area contributed by atoms with Gasteiger partial charge in [-0.15, -0.1) is 10.2 Å². The summed E-state index contributed by atoms with van der Waals surface area (Å²) in [6.45, 7) is 14.8. The maximum atomic E-state index is 12.5. The minimum Gasteiger partial charge on any atom is -0.483 e. The predicted molar refractivity (Wildman–Crippen MR) is 140 cm³/mol. The van der Waals surface area contributed by atoms with Crippen LogP contribution in [0.4, 0.5) is 5.69 Å². The number of carbonyl (C=O) groups excluding carboxylic acids is 1. The van der Waals surface area contributed by atoms with Crippen molar-refractivity contribution in [2.75, 3.05) is 11.1 Å². The van der Waals surface area contributed by atoms with Gasteiger partial charge in [-0.2, -0.15) is 0 Å². The molecule has 0 radical (unpaired) electrons. The zero-order valence-corrected chi connectivity index (χ0v) is 22.0. The monoisotopic (exact) mass is 480 g/mol. The minimum absolute atomic E-state index is 0.0725. The van der Waals surface area contributed by atoms with Gasteiger partial charge in [-0.1, -0.05) is 63.7 Å². The SMILES string of the molecule is CC(C)c1ccc(NC(=O)CSc2nnc(C(C)Oc3ccc(C(C)C)cc3)n2C(C)C)cc1. The lowest BCUT2D eigenvalue weighted by Crippen LogP contribution is -2.16. The van der Waals surface area contributed by atoms with Crippen LogP contribution in [0.5, 0.6) is 5.75 Å². The second-order valence-electron chi connectivity index (χ2n) is 9.40. The van der Waals surface area contributed by atoms with Crippen LogP contribution < -0.4 is 10.1 Å². The lowest BCUT2D eigenvalue weighted by atomic mass is 10.0. The molecule has 0 bridgehead atoms. The van der Waals surface area contributed by atoms with Gasteiger partial charge in [0.1, 0.15) is 5.75 Å². The predicted octanol–water partition coefficient (Wildman–Crippen LogP) is 6.98. The van der Waals surface area contributed by atoms with E-state index in [-0.39, 0.29) is 23.8 Å². The summed E-state index contributed by atoms with van der Waals surface area (Å²) in [5.41, 5.74) is 3.32. The van der Waals surface area contributed by atoms with E-state index in [2.05, 4.69) is 69.2 Å². The van der Waals surface area contributed by atoms with E-state index in [0.29, 0.717) is 17.0 Å². The Labute approximate surface area is 207 Å². The Kier molecular flexibility index (Phi) is 8.78. The van der Waals surface area contributed by atoms with Crippen LogP contribution in [0, 0.1) is 0 Å². The van der Waals surface area contributed by atoms with Gasteiger partial charge in [0.05, 0.1) is 5.75 Å². The summed E-state index contributed by atoms with van der Waals surface area (Å²) in [4.78, 5) is 12.5. The first-order chi connectivity index (χ1) is 16.2. The summed E-state index contributed by atoms with van der Waals surface area (Å²) in [7, 11) is 0. The van der Waals surface area contributed by atoms with E-state index in [4.69, 9.17) is 4.74 Å².